The standard InChI is InChI=1S/C19H30N2O5S/c1-5-27(23,24)26-16-9-6-8-15(12-16)13-21(14-17-10-7-11-25-17)18(22)20-19(2,3)4/h6,8-9,12,17H,5,7,10-11,13-14H2,1-4H3,(H,20,22). The second kappa shape index (κ2) is 8.93. The fraction of sp³-hybridized carbons (Fsp3) is 0.632. The first-order valence-electron chi connectivity index (χ1n) is 9.28. The van der Waals surface area contributed by atoms with Crippen LogP contribution < -0.4 is 9.50 Å². The van der Waals surface area contributed by atoms with Gasteiger partial charge in [-0.1, -0.05) is 12.1 Å². The number of amides is 2. The molecule has 0 bridgehead atoms. The van der Waals surface area contributed by atoms with E-state index in [2.05, 4.69) is 5.32 Å². The minimum atomic E-state index is -3.59. The number of ether oxygens (including phenoxy) is 1. The molecule has 1 N–H and O–H groups in total. The first kappa shape index (κ1) is 21.5. The molecule has 1 saturated heterocycles. The summed E-state index contributed by atoms with van der Waals surface area (Å²) in [7, 11) is -3.59. The Labute approximate surface area is 162 Å². The molecule has 1 heterocycles. The van der Waals surface area contributed by atoms with Gasteiger partial charge in [-0.3, -0.25) is 0 Å². The lowest BCUT2D eigenvalue weighted by Gasteiger charge is -2.30. The highest BCUT2D eigenvalue weighted by Gasteiger charge is 2.25. The third-order valence-corrected chi connectivity index (χ3v) is 5.22. The van der Waals surface area contributed by atoms with Gasteiger partial charge in [0.25, 0.3) is 0 Å². The van der Waals surface area contributed by atoms with Gasteiger partial charge in [0.2, 0.25) is 0 Å². The van der Waals surface area contributed by atoms with Crippen LogP contribution in [0, 0.1) is 0 Å². The number of hydrogen-bond acceptors (Lipinski definition) is 5. The molecule has 152 valence electrons. The van der Waals surface area contributed by atoms with Crippen LogP contribution in [0.25, 0.3) is 0 Å². The van der Waals surface area contributed by atoms with Crippen LogP contribution in [0.1, 0.15) is 46.1 Å². The zero-order valence-corrected chi connectivity index (χ0v) is 17.3. The first-order chi connectivity index (χ1) is 12.6. The van der Waals surface area contributed by atoms with Crippen LogP contribution >= 0.6 is 0 Å². The smallest absolute Gasteiger partial charge is 0.318 e. The number of hydrogen-bond donors (Lipinski definition) is 1. The molecule has 2 rings (SSSR count). The lowest BCUT2D eigenvalue weighted by Crippen LogP contribution is -2.50. The van der Waals surface area contributed by atoms with E-state index in [9.17, 15) is 13.2 Å². The van der Waals surface area contributed by atoms with Gasteiger partial charge < -0.3 is 19.1 Å². The lowest BCUT2D eigenvalue weighted by atomic mass is 10.1. The predicted molar refractivity (Wildman–Crippen MR) is 104 cm³/mol. The molecule has 1 aliphatic rings. The molecular weight excluding hydrogens is 368 g/mol. The van der Waals surface area contributed by atoms with E-state index in [1.807, 2.05) is 26.8 Å². The summed E-state index contributed by atoms with van der Waals surface area (Å²) >= 11 is 0. The van der Waals surface area contributed by atoms with E-state index in [1.165, 1.54) is 6.92 Å². The van der Waals surface area contributed by atoms with Crippen LogP contribution in [0.5, 0.6) is 5.75 Å². The molecule has 8 heteroatoms. The van der Waals surface area contributed by atoms with Gasteiger partial charge in [-0.15, -0.1) is 0 Å². The Balaban J connectivity index is 2.14. The molecule has 0 saturated carbocycles. The van der Waals surface area contributed by atoms with Gasteiger partial charge in [0, 0.05) is 25.2 Å². The highest BCUT2D eigenvalue weighted by Crippen LogP contribution is 2.19. The van der Waals surface area contributed by atoms with E-state index in [-0.39, 0.29) is 29.2 Å². The zero-order chi connectivity index (χ0) is 20.1. The normalized spacial score (nSPS) is 17.6. The predicted octanol–water partition coefficient (Wildman–Crippen LogP) is 2.90. The van der Waals surface area contributed by atoms with Crippen molar-refractivity contribution in [1.82, 2.24) is 10.2 Å². The molecule has 1 fully saturated rings. The first-order valence-corrected chi connectivity index (χ1v) is 10.9. The van der Waals surface area contributed by atoms with Gasteiger partial charge >= 0.3 is 16.1 Å². The van der Waals surface area contributed by atoms with Crippen LogP contribution in [-0.4, -0.2) is 49.9 Å². The van der Waals surface area contributed by atoms with E-state index >= 15 is 0 Å². The molecule has 1 aromatic rings. The summed E-state index contributed by atoms with van der Waals surface area (Å²) in [6.45, 7) is 8.86. The Morgan fingerprint density at radius 3 is 2.70 bits per heavy atom. The van der Waals surface area contributed by atoms with E-state index in [4.69, 9.17) is 8.92 Å². The number of urea groups is 1. The van der Waals surface area contributed by atoms with E-state index in [0.29, 0.717) is 13.1 Å². The number of rotatable bonds is 7. The Kier molecular flexibility index (Phi) is 7.11. The zero-order valence-electron chi connectivity index (χ0n) is 16.5. The summed E-state index contributed by atoms with van der Waals surface area (Å²) in [6.07, 6.45) is 1.95. The molecule has 1 aliphatic heterocycles. The van der Waals surface area contributed by atoms with Gasteiger partial charge in [-0.25, -0.2) is 4.79 Å². The third-order valence-electron chi connectivity index (χ3n) is 4.07. The highest BCUT2D eigenvalue weighted by atomic mass is 32.2. The van der Waals surface area contributed by atoms with E-state index in [1.54, 1.807) is 23.1 Å². The average molecular weight is 399 g/mol. The second-order valence-electron chi connectivity index (χ2n) is 7.77. The average Bonchev–Trinajstić information content (AvgIpc) is 3.06. The maximum absolute atomic E-state index is 12.7. The van der Waals surface area contributed by atoms with E-state index in [0.717, 1.165) is 25.0 Å². The van der Waals surface area contributed by atoms with Gasteiger partial charge in [-0.2, -0.15) is 8.42 Å². The Hall–Kier alpha value is -1.80. The van der Waals surface area contributed by atoms with Crippen LogP contribution in [0.3, 0.4) is 0 Å². The third kappa shape index (κ3) is 7.38. The van der Waals surface area contributed by atoms with Gasteiger partial charge in [-0.05, 0) is 58.2 Å². The lowest BCUT2D eigenvalue weighted by molar-refractivity contribution is 0.0782. The van der Waals surface area contributed by atoms with Crippen molar-refractivity contribution in [2.45, 2.75) is 58.7 Å². The molecule has 0 aromatic heterocycles. The van der Waals surface area contributed by atoms with Crippen LogP contribution in [-0.2, 0) is 21.4 Å². The molecule has 7 nitrogen and oxygen atoms in total. The van der Waals surface area contributed by atoms with Crippen molar-refractivity contribution >= 4 is 16.1 Å². The van der Waals surface area contributed by atoms with Gasteiger partial charge in [0.15, 0.2) is 0 Å². The van der Waals surface area contributed by atoms with Crippen molar-refractivity contribution in [2.24, 2.45) is 0 Å². The monoisotopic (exact) mass is 398 g/mol. The number of carbonyl (C=O) groups is 1. The summed E-state index contributed by atoms with van der Waals surface area (Å²) in [4.78, 5) is 14.4. The summed E-state index contributed by atoms with van der Waals surface area (Å²) in [5, 5.41) is 2.98. The van der Waals surface area contributed by atoms with Crippen molar-refractivity contribution in [3.63, 3.8) is 0 Å². The summed E-state index contributed by atoms with van der Waals surface area (Å²) in [5.74, 6) is 0.152. The fourth-order valence-electron chi connectivity index (χ4n) is 2.77. The molecule has 2 amide bonds. The Morgan fingerprint density at radius 1 is 1.37 bits per heavy atom. The molecule has 0 aliphatic carbocycles. The maximum Gasteiger partial charge on any atom is 0.318 e. The van der Waals surface area contributed by atoms with Crippen molar-refractivity contribution < 1.29 is 22.1 Å². The summed E-state index contributed by atoms with van der Waals surface area (Å²) in [5.41, 5.74) is 0.437. The van der Waals surface area contributed by atoms with Crippen molar-refractivity contribution in [3.8, 4) is 5.75 Å². The van der Waals surface area contributed by atoms with Crippen molar-refractivity contribution in [3.05, 3.63) is 29.8 Å². The Bertz CT molecular complexity index is 737. The Morgan fingerprint density at radius 2 is 2.11 bits per heavy atom. The molecule has 1 unspecified atom stereocenters. The number of carbonyl (C=O) groups excluding carboxylic acids is 1. The second-order valence-corrected chi connectivity index (χ2v) is 9.63. The minimum Gasteiger partial charge on any atom is -0.382 e. The molecule has 0 spiro atoms. The summed E-state index contributed by atoms with van der Waals surface area (Å²) < 4.78 is 34.1. The molecule has 1 aromatic carbocycles. The maximum atomic E-state index is 12.7. The van der Waals surface area contributed by atoms with Crippen LogP contribution in [0.15, 0.2) is 24.3 Å². The number of nitrogens with zero attached hydrogens (tertiary/aromatic N) is 1. The van der Waals surface area contributed by atoms with Crippen molar-refractivity contribution in [1.29, 1.82) is 0 Å². The van der Waals surface area contributed by atoms with Crippen LogP contribution in [0.4, 0.5) is 4.79 Å². The number of nitrogens with one attached hydrogen (secondary N) is 1. The number of benzene rings is 1. The van der Waals surface area contributed by atoms with Gasteiger partial charge in [0.05, 0.1) is 11.9 Å². The van der Waals surface area contributed by atoms with Crippen molar-refractivity contribution in [2.75, 3.05) is 18.9 Å². The SMILES string of the molecule is CCS(=O)(=O)Oc1cccc(CN(CC2CCCO2)C(=O)NC(C)(C)C)c1. The van der Waals surface area contributed by atoms with Gasteiger partial charge in [0.1, 0.15) is 5.75 Å². The van der Waals surface area contributed by atoms with Crippen LogP contribution in [0.2, 0.25) is 0 Å². The molecule has 1 atom stereocenters. The minimum absolute atomic E-state index is 0.0237. The topological polar surface area (TPSA) is 84.9 Å². The van der Waals surface area contributed by atoms with E-state index < -0.39 is 10.1 Å². The molecule has 27 heavy (non-hydrogen) atoms. The molecule has 0 radical (unpaired) electrons. The quantitative estimate of drug-likeness (QED) is 0.714. The largest absolute Gasteiger partial charge is 0.382 e. The molecular formula is C19H30N2O5S. The summed E-state index contributed by atoms with van der Waals surface area (Å²) in [6, 6.07) is 6.64. The fourth-order valence-corrected chi connectivity index (χ4v) is 3.29. The highest BCUT2D eigenvalue weighted by molar-refractivity contribution is 7.87.